The molecule has 0 fully saturated rings. The van der Waals surface area contributed by atoms with Crippen LogP contribution in [0.2, 0.25) is 0 Å². The fourth-order valence-corrected chi connectivity index (χ4v) is 2.99. The summed E-state index contributed by atoms with van der Waals surface area (Å²) in [5.41, 5.74) is 5.37. The Morgan fingerprint density at radius 3 is 2.50 bits per heavy atom. The lowest BCUT2D eigenvalue weighted by molar-refractivity contribution is 0.0599. The molecule has 0 unspecified atom stereocenters. The SMILES string of the molecule is COC(=O)c1cc(NC(=O)c2nnn(-c3cccc(C)c3)c2C)cc(C)c1C. The molecule has 0 aliphatic carbocycles. The summed E-state index contributed by atoms with van der Waals surface area (Å²) in [6, 6.07) is 11.2. The second-order valence-electron chi connectivity index (χ2n) is 6.69. The number of hydrogen-bond donors (Lipinski definition) is 1. The first kappa shape index (κ1) is 19.3. The maximum absolute atomic E-state index is 12.8. The number of benzene rings is 2. The van der Waals surface area contributed by atoms with Crippen molar-refractivity contribution >= 4 is 17.6 Å². The molecule has 0 saturated carbocycles. The number of nitrogens with one attached hydrogen (secondary N) is 1. The maximum Gasteiger partial charge on any atom is 0.338 e. The van der Waals surface area contributed by atoms with E-state index in [-0.39, 0.29) is 5.69 Å². The third-order valence-electron chi connectivity index (χ3n) is 4.69. The topological polar surface area (TPSA) is 86.1 Å². The Balaban J connectivity index is 1.90. The van der Waals surface area contributed by atoms with Crippen molar-refractivity contribution in [3.63, 3.8) is 0 Å². The molecule has 1 aromatic heterocycles. The zero-order chi connectivity index (χ0) is 20.4. The van der Waals surface area contributed by atoms with Crippen LogP contribution in [0.5, 0.6) is 0 Å². The largest absolute Gasteiger partial charge is 0.465 e. The number of methoxy groups -OCH3 is 1. The molecule has 1 heterocycles. The van der Waals surface area contributed by atoms with Crippen molar-refractivity contribution in [2.45, 2.75) is 27.7 Å². The quantitative estimate of drug-likeness (QED) is 0.702. The van der Waals surface area contributed by atoms with Gasteiger partial charge in [-0.1, -0.05) is 17.3 Å². The molecular formula is C21H22N4O3. The summed E-state index contributed by atoms with van der Waals surface area (Å²) in [5, 5.41) is 11.0. The molecule has 3 aromatic rings. The number of nitrogens with zero attached hydrogens (tertiary/aromatic N) is 3. The van der Waals surface area contributed by atoms with E-state index in [9.17, 15) is 9.59 Å². The third kappa shape index (κ3) is 3.64. The van der Waals surface area contributed by atoms with E-state index < -0.39 is 11.9 Å². The van der Waals surface area contributed by atoms with E-state index >= 15 is 0 Å². The lowest BCUT2D eigenvalue weighted by Crippen LogP contribution is -2.15. The van der Waals surface area contributed by atoms with Crippen molar-refractivity contribution in [2.75, 3.05) is 12.4 Å². The minimum absolute atomic E-state index is 0.222. The van der Waals surface area contributed by atoms with Gasteiger partial charge in [-0.05, 0) is 68.7 Å². The molecule has 1 amide bonds. The van der Waals surface area contributed by atoms with Crippen LogP contribution >= 0.6 is 0 Å². The first-order chi connectivity index (χ1) is 13.3. The zero-order valence-corrected chi connectivity index (χ0v) is 16.5. The molecule has 0 saturated heterocycles. The number of aromatic nitrogens is 3. The van der Waals surface area contributed by atoms with Crippen molar-refractivity contribution in [1.82, 2.24) is 15.0 Å². The van der Waals surface area contributed by atoms with Gasteiger partial charge in [-0.2, -0.15) is 0 Å². The summed E-state index contributed by atoms with van der Waals surface area (Å²) in [5.74, 6) is -0.839. The van der Waals surface area contributed by atoms with Gasteiger partial charge in [0.25, 0.3) is 5.91 Å². The van der Waals surface area contributed by atoms with E-state index in [1.54, 1.807) is 23.7 Å². The van der Waals surface area contributed by atoms with Crippen LogP contribution in [-0.2, 0) is 4.74 Å². The summed E-state index contributed by atoms with van der Waals surface area (Å²) in [6.45, 7) is 7.49. The van der Waals surface area contributed by atoms with Crippen molar-refractivity contribution in [1.29, 1.82) is 0 Å². The fourth-order valence-electron chi connectivity index (χ4n) is 2.99. The second kappa shape index (κ2) is 7.64. The standard InChI is InChI=1S/C21H22N4O3/c1-12-7-6-8-17(9-12)25-15(4)19(23-24-25)20(26)22-16-10-13(2)14(3)18(11-16)21(27)28-5/h6-11H,1-5H3,(H,22,26). The maximum atomic E-state index is 12.8. The molecule has 7 heteroatoms. The third-order valence-corrected chi connectivity index (χ3v) is 4.69. The Labute approximate surface area is 163 Å². The summed E-state index contributed by atoms with van der Waals surface area (Å²) in [6.07, 6.45) is 0. The van der Waals surface area contributed by atoms with Crippen LogP contribution in [0.1, 0.15) is 43.2 Å². The molecular weight excluding hydrogens is 356 g/mol. The number of anilines is 1. The van der Waals surface area contributed by atoms with E-state index in [4.69, 9.17) is 4.74 Å². The number of aryl methyl sites for hydroxylation is 2. The van der Waals surface area contributed by atoms with Crippen molar-refractivity contribution in [3.05, 3.63) is 70.0 Å². The molecule has 2 aromatic carbocycles. The molecule has 3 rings (SSSR count). The number of esters is 1. The Morgan fingerprint density at radius 1 is 1.07 bits per heavy atom. The van der Waals surface area contributed by atoms with Gasteiger partial charge in [0.1, 0.15) is 0 Å². The van der Waals surface area contributed by atoms with Gasteiger partial charge in [-0.25, -0.2) is 9.48 Å². The first-order valence-corrected chi connectivity index (χ1v) is 8.82. The second-order valence-corrected chi connectivity index (χ2v) is 6.69. The van der Waals surface area contributed by atoms with Gasteiger partial charge in [0, 0.05) is 5.69 Å². The lowest BCUT2D eigenvalue weighted by atomic mass is 10.0. The highest BCUT2D eigenvalue weighted by molar-refractivity contribution is 6.04. The van der Waals surface area contributed by atoms with Gasteiger partial charge in [-0.3, -0.25) is 4.79 Å². The Hall–Kier alpha value is -3.48. The summed E-state index contributed by atoms with van der Waals surface area (Å²) >= 11 is 0. The molecule has 0 radical (unpaired) electrons. The van der Waals surface area contributed by atoms with Crippen molar-refractivity contribution in [3.8, 4) is 5.69 Å². The van der Waals surface area contributed by atoms with Crippen LogP contribution in [0, 0.1) is 27.7 Å². The number of carbonyl (C=O) groups is 2. The minimum Gasteiger partial charge on any atom is -0.465 e. The average molecular weight is 378 g/mol. The highest BCUT2D eigenvalue weighted by Gasteiger charge is 2.19. The summed E-state index contributed by atoms with van der Waals surface area (Å²) < 4.78 is 6.45. The first-order valence-electron chi connectivity index (χ1n) is 8.82. The van der Waals surface area contributed by atoms with E-state index in [1.165, 1.54) is 7.11 Å². The highest BCUT2D eigenvalue weighted by Crippen LogP contribution is 2.22. The minimum atomic E-state index is -0.446. The predicted octanol–water partition coefficient (Wildman–Crippen LogP) is 3.54. The van der Waals surface area contributed by atoms with E-state index in [2.05, 4.69) is 15.6 Å². The Bertz CT molecular complexity index is 1070. The number of amides is 1. The molecule has 144 valence electrons. The van der Waals surface area contributed by atoms with Crippen molar-refractivity contribution in [2.24, 2.45) is 0 Å². The van der Waals surface area contributed by atoms with Crippen LogP contribution in [-0.4, -0.2) is 34.0 Å². The van der Waals surface area contributed by atoms with Gasteiger partial charge in [0.2, 0.25) is 0 Å². The molecule has 28 heavy (non-hydrogen) atoms. The van der Waals surface area contributed by atoms with Gasteiger partial charge in [0.15, 0.2) is 5.69 Å². The summed E-state index contributed by atoms with van der Waals surface area (Å²) in [7, 11) is 1.33. The van der Waals surface area contributed by atoms with Crippen LogP contribution in [0.15, 0.2) is 36.4 Å². The lowest BCUT2D eigenvalue weighted by Gasteiger charge is -2.11. The van der Waals surface area contributed by atoms with E-state index in [0.717, 1.165) is 22.4 Å². The van der Waals surface area contributed by atoms with Crippen molar-refractivity contribution < 1.29 is 14.3 Å². The summed E-state index contributed by atoms with van der Waals surface area (Å²) in [4.78, 5) is 24.7. The van der Waals surface area contributed by atoms with E-state index in [1.807, 2.05) is 45.0 Å². The Morgan fingerprint density at radius 2 is 1.82 bits per heavy atom. The normalized spacial score (nSPS) is 10.6. The molecule has 1 N–H and O–H groups in total. The van der Waals surface area contributed by atoms with Crippen LogP contribution in [0.4, 0.5) is 5.69 Å². The van der Waals surface area contributed by atoms with Gasteiger partial charge in [-0.15, -0.1) is 5.10 Å². The van der Waals surface area contributed by atoms with Gasteiger partial charge in [0.05, 0.1) is 24.1 Å². The average Bonchev–Trinajstić information content (AvgIpc) is 3.05. The molecule has 0 spiro atoms. The van der Waals surface area contributed by atoms with Crippen LogP contribution in [0.3, 0.4) is 0 Å². The number of rotatable bonds is 4. The molecule has 0 aliphatic heterocycles. The fraction of sp³-hybridized carbons (Fsp3) is 0.238. The number of carbonyl (C=O) groups excluding carboxylic acids is 2. The molecule has 0 aliphatic rings. The molecule has 0 bridgehead atoms. The van der Waals surface area contributed by atoms with Gasteiger partial charge >= 0.3 is 5.97 Å². The number of ether oxygens (including phenoxy) is 1. The predicted molar refractivity (Wildman–Crippen MR) is 106 cm³/mol. The molecule has 7 nitrogen and oxygen atoms in total. The zero-order valence-electron chi connectivity index (χ0n) is 16.5. The number of hydrogen-bond acceptors (Lipinski definition) is 5. The van der Waals surface area contributed by atoms with E-state index in [0.29, 0.717) is 16.9 Å². The Kier molecular flexibility index (Phi) is 5.26. The van der Waals surface area contributed by atoms with Gasteiger partial charge < -0.3 is 10.1 Å². The highest BCUT2D eigenvalue weighted by atomic mass is 16.5. The van der Waals surface area contributed by atoms with Crippen LogP contribution in [0.25, 0.3) is 5.69 Å². The smallest absolute Gasteiger partial charge is 0.338 e. The van der Waals surface area contributed by atoms with Crippen LogP contribution < -0.4 is 5.32 Å². The molecule has 0 atom stereocenters. The monoisotopic (exact) mass is 378 g/mol.